The van der Waals surface area contributed by atoms with E-state index in [0.717, 1.165) is 46.3 Å². The molecule has 4 N–H and O–H groups in total. The summed E-state index contributed by atoms with van der Waals surface area (Å²) in [6.07, 6.45) is 15.8. The van der Waals surface area contributed by atoms with Crippen LogP contribution in [0.25, 0.3) is 19.4 Å². The van der Waals surface area contributed by atoms with Gasteiger partial charge in [0.15, 0.2) is 0 Å². The van der Waals surface area contributed by atoms with Gasteiger partial charge in [-0.2, -0.15) is 0 Å². The van der Waals surface area contributed by atoms with E-state index in [4.69, 9.17) is 108 Å². The first-order valence-corrected chi connectivity index (χ1v) is 34.7. The number of carboxylic acid groups (broad SMARTS) is 4. The van der Waals surface area contributed by atoms with Gasteiger partial charge in [-0.3, -0.25) is 38.6 Å². The average molecular weight is 1350 g/mol. The Labute approximate surface area is 544 Å². The highest BCUT2D eigenvalue weighted by Crippen LogP contribution is 2.37. The van der Waals surface area contributed by atoms with E-state index in [9.17, 15) is 19.2 Å². The maximum absolute atomic E-state index is 10.7. The predicted molar refractivity (Wildman–Crippen MR) is 377 cm³/mol. The van der Waals surface area contributed by atoms with Crippen LogP contribution in [0.15, 0.2) is 60.7 Å². The normalized spacial score (nSPS) is 12.3. The lowest BCUT2D eigenvalue weighted by Gasteiger charge is -2.15. The summed E-state index contributed by atoms with van der Waals surface area (Å²) >= 11 is 36.6. The predicted octanol–water partition coefficient (Wildman–Crippen LogP) is 19.2. The summed E-state index contributed by atoms with van der Waals surface area (Å²) in [7, 11) is 0. The Morgan fingerprint density at radius 3 is 1.27 bits per heavy atom. The van der Waals surface area contributed by atoms with Crippen molar-refractivity contribution in [3.05, 3.63) is 117 Å². The number of carboxylic acids is 4. The first-order chi connectivity index (χ1) is 37.9. The number of benzene rings is 2. The molecule has 0 aromatic heterocycles. The number of thiocarbonyl (C=S) groups is 5. The summed E-state index contributed by atoms with van der Waals surface area (Å²) in [4.78, 5) is 53.5. The maximum Gasteiger partial charge on any atom is 0.316 e. The lowest BCUT2D eigenvalue weighted by Crippen LogP contribution is -2.19. The molecule has 0 aliphatic rings. The average Bonchev–Trinajstić information content (AvgIpc) is 3.42. The quantitative estimate of drug-likeness (QED) is 0.0361. The van der Waals surface area contributed by atoms with Gasteiger partial charge in [-0.05, 0) is 83.5 Å². The topological polar surface area (TPSA) is 167 Å². The van der Waals surface area contributed by atoms with Crippen molar-refractivity contribution in [2.45, 2.75) is 176 Å². The standard InChI is InChI=1S/C19H33NO2S3.C13H13NO2S2.C11H11NS2.C7H10O4S3.C6H9NS3/c1-4-5-6-7-8-9-10-11-12-13-16-24-18(23)25-19(2,20-3)15-14-17(21)22;1-13(14-2,9-8-11(15)16)18-12(17)10-6-4-3-5-7-10;1-11(2,12-3)14-10(13)9-7-5-4-6-8-9;1-4(6(10)11)14-7(12)13-3-2-5(8)9;1-6(2,7-3)10-5(8)9-4/h4-16H2,1-2H3,(H,21,22);3-7H,8-9H2,1H3,(H,15,16);4-8H,1-2H3;4H,2-3H2,1H3,(H,8,9)(H,10,11);1-2,4H3. The number of carbonyl (C=O) groups is 4. The molecule has 0 spiro atoms. The maximum atomic E-state index is 10.7. The fourth-order valence-corrected chi connectivity index (χ4v) is 15.8. The number of hydrogen-bond donors (Lipinski definition) is 4. The van der Waals surface area contributed by atoms with Gasteiger partial charge in [0.1, 0.15) is 15.8 Å². The summed E-state index contributed by atoms with van der Waals surface area (Å²) in [6.45, 7) is 43.1. The van der Waals surface area contributed by atoms with Gasteiger partial charge in [-0.15, -0.1) is 35.3 Å². The van der Waals surface area contributed by atoms with Crippen LogP contribution >= 0.6 is 155 Å². The third kappa shape index (κ3) is 49.5. The van der Waals surface area contributed by atoms with Crippen molar-refractivity contribution >= 4 is 198 Å². The molecule has 81 heavy (non-hydrogen) atoms. The zero-order chi connectivity index (χ0) is 62.5. The molecule has 12 nitrogen and oxygen atoms in total. The van der Waals surface area contributed by atoms with Gasteiger partial charge in [-0.25, -0.2) is 26.3 Å². The van der Waals surface area contributed by atoms with Crippen LogP contribution in [-0.4, -0.2) is 106 Å². The van der Waals surface area contributed by atoms with Crippen molar-refractivity contribution in [1.82, 2.24) is 0 Å². The van der Waals surface area contributed by atoms with Gasteiger partial charge in [0.2, 0.25) is 0 Å². The molecule has 0 heterocycles. The molecular weight excluding hydrogens is 1270 g/mol. The van der Waals surface area contributed by atoms with Gasteiger partial charge in [0.25, 0.3) is 19.5 Å². The molecule has 2 rings (SSSR count). The van der Waals surface area contributed by atoms with Crippen molar-refractivity contribution < 1.29 is 39.6 Å². The lowest BCUT2D eigenvalue weighted by molar-refractivity contribution is -0.138. The van der Waals surface area contributed by atoms with Crippen molar-refractivity contribution in [2.75, 3.05) is 17.8 Å². The molecule has 0 saturated carbocycles. The minimum absolute atomic E-state index is 0.0115. The Kier molecular flexibility index (Phi) is 49.8. The SMILES string of the molecule is CC(SC(=S)SCCC(=O)O)C(=O)O.[C-]#[N+]C(C)(C)SC(=S)SC.[C-]#[N+]C(C)(C)SC(=S)c1ccccc1.[C-]#[N+]C(C)(CCC(=O)O)SC(=S)SCCCCCCCCCCCC.[C-]#[N+]C(C)(CCC(=O)O)SC(=S)c1ccccc1. The van der Waals surface area contributed by atoms with E-state index in [-0.39, 0.29) is 30.6 Å². The second-order valence-electron chi connectivity index (χ2n) is 18.3. The Hall–Kier alpha value is -2.47. The first-order valence-electron chi connectivity index (χ1n) is 25.4. The van der Waals surface area contributed by atoms with Crippen LogP contribution in [-0.2, 0) is 19.2 Å². The van der Waals surface area contributed by atoms with Crippen LogP contribution in [0.3, 0.4) is 0 Å². The Morgan fingerprint density at radius 2 is 0.889 bits per heavy atom. The third-order valence-corrected chi connectivity index (χ3v) is 21.2. The Balaban J connectivity index is -0.000000970. The molecule has 25 heteroatoms. The molecule has 0 aliphatic heterocycles. The minimum atomic E-state index is -0.920. The molecule has 2 aromatic rings. The van der Waals surface area contributed by atoms with Gasteiger partial charge in [-0.1, -0.05) is 198 Å². The number of hydrogen-bond acceptors (Lipinski definition) is 17. The van der Waals surface area contributed by atoms with E-state index in [1.165, 1.54) is 135 Å². The molecule has 0 saturated heterocycles. The monoisotopic (exact) mass is 1350 g/mol. The van der Waals surface area contributed by atoms with Crippen LogP contribution in [0.1, 0.15) is 163 Å². The van der Waals surface area contributed by atoms with Gasteiger partial charge < -0.3 is 20.4 Å². The zero-order valence-corrected chi connectivity index (χ0v) is 58.0. The smallest absolute Gasteiger partial charge is 0.316 e. The zero-order valence-electron chi connectivity index (χ0n) is 47.4. The molecule has 0 fully saturated rings. The van der Waals surface area contributed by atoms with E-state index in [1.54, 1.807) is 25.6 Å². The van der Waals surface area contributed by atoms with E-state index in [0.29, 0.717) is 19.9 Å². The summed E-state index contributed by atoms with van der Waals surface area (Å²) < 4.78 is 3.48. The molecule has 0 amide bonds. The van der Waals surface area contributed by atoms with Crippen molar-refractivity contribution in [1.29, 1.82) is 0 Å². The third-order valence-electron chi connectivity index (χ3n) is 9.97. The minimum Gasteiger partial charge on any atom is -0.481 e. The van der Waals surface area contributed by atoms with Crippen LogP contribution in [0.2, 0.25) is 0 Å². The second kappa shape index (κ2) is 48.7. The summed E-state index contributed by atoms with van der Waals surface area (Å²) in [5.74, 6) is -2.17. The van der Waals surface area contributed by atoms with Gasteiger partial charge in [0, 0.05) is 60.1 Å². The molecule has 0 radical (unpaired) electrons. The highest BCUT2D eigenvalue weighted by atomic mass is 32.2. The lowest BCUT2D eigenvalue weighted by atomic mass is 10.1. The van der Waals surface area contributed by atoms with Crippen molar-refractivity contribution in [2.24, 2.45) is 0 Å². The number of thioether (sulfide) groups is 8. The highest BCUT2D eigenvalue weighted by molar-refractivity contribution is 8.48. The Morgan fingerprint density at radius 1 is 0.506 bits per heavy atom. The molecule has 0 aliphatic carbocycles. The molecule has 3 unspecified atom stereocenters. The van der Waals surface area contributed by atoms with E-state index < -0.39 is 43.7 Å². The molecule has 3 atom stereocenters. The van der Waals surface area contributed by atoms with Crippen LogP contribution < -0.4 is 0 Å². The highest BCUT2D eigenvalue weighted by Gasteiger charge is 2.35. The van der Waals surface area contributed by atoms with Gasteiger partial charge in [0.05, 0.1) is 27.7 Å². The van der Waals surface area contributed by atoms with Crippen LogP contribution in [0.4, 0.5) is 0 Å². The summed E-state index contributed by atoms with van der Waals surface area (Å²) in [5, 5.41) is 33.8. The van der Waals surface area contributed by atoms with Crippen LogP contribution in [0, 0.1) is 26.3 Å². The number of rotatable bonds is 28. The number of unbranched alkanes of at least 4 members (excludes halogenated alkanes) is 9. The molecule has 446 valence electrons. The van der Waals surface area contributed by atoms with E-state index >= 15 is 0 Å². The van der Waals surface area contributed by atoms with E-state index in [1.807, 2.05) is 94.6 Å². The molecule has 2 aromatic carbocycles. The second-order valence-corrected chi connectivity index (χ2v) is 33.7. The Bertz CT molecular complexity index is 2440. The fraction of sp³-hybridized carbons (Fsp3) is 0.554. The van der Waals surface area contributed by atoms with Crippen molar-refractivity contribution in [3.8, 4) is 0 Å². The summed E-state index contributed by atoms with van der Waals surface area (Å²) in [5.41, 5.74) is 1.91. The summed E-state index contributed by atoms with van der Waals surface area (Å²) in [6, 6.07) is 19.2. The van der Waals surface area contributed by atoms with Gasteiger partial charge >= 0.3 is 23.9 Å². The van der Waals surface area contributed by atoms with E-state index in [2.05, 4.69) is 26.3 Å². The molecule has 0 bridgehead atoms. The number of nitrogens with zero attached hydrogens (tertiary/aromatic N) is 4. The largest absolute Gasteiger partial charge is 0.481 e. The number of aliphatic carboxylic acids is 4. The van der Waals surface area contributed by atoms with Crippen molar-refractivity contribution in [3.63, 3.8) is 0 Å². The van der Waals surface area contributed by atoms with Crippen LogP contribution in [0.5, 0.6) is 0 Å². The first kappa shape index (κ1) is 82.7. The fourth-order valence-electron chi connectivity index (χ4n) is 5.33. The molecular formula is C56H76N4O8S13.